The lowest BCUT2D eigenvalue weighted by atomic mass is 9.79. The van der Waals surface area contributed by atoms with Crippen LogP contribution in [0.15, 0.2) is 29.2 Å². The number of phenols is 1. The lowest BCUT2D eigenvalue weighted by Gasteiger charge is -2.28. The van der Waals surface area contributed by atoms with Gasteiger partial charge in [-0.25, -0.2) is 4.79 Å². The van der Waals surface area contributed by atoms with E-state index in [9.17, 15) is 9.90 Å². The molecular formula is C19H28O3S. The molecule has 0 heterocycles. The fourth-order valence-electron chi connectivity index (χ4n) is 2.26. The first-order valence-corrected chi connectivity index (χ1v) is 8.81. The molecule has 23 heavy (non-hydrogen) atoms. The largest absolute Gasteiger partial charge is 0.507 e. The molecule has 0 amide bonds. The number of allylic oxidation sites excluding steroid dienone is 1. The second-order valence-corrected chi connectivity index (χ2v) is 8.91. The highest BCUT2D eigenvalue weighted by Gasteiger charge is 2.26. The summed E-state index contributed by atoms with van der Waals surface area (Å²) in [5.41, 5.74) is 1.63. The minimum absolute atomic E-state index is 0.135. The maximum atomic E-state index is 10.7. The number of carbonyl (C=O) groups is 1. The molecule has 0 fully saturated rings. The maximum absolute atomic E-state index is 10.7. The standard InChI is InChI=1S/C19H28O3S/c1-18(2,3)14-11-13(23-10-8-7-9-16(20)21)12-15(17(14)22)19(4,5)6/h7,9,11-12,22H,8,10H2,1-6H3,(H,20,21). The molecule has 0 spiro atoms. The first-order chi connectivity index (χ1) is 10.4. The highest BCUT2D eigenvalue weighted by molar-refractivity contribution is 7.99. The lowest BCUT2D eigenvalue weighted by Crippen LogP contribution is -2.17. The van der Waals surface area contributed by atoms with Crippen LogP contribution >= 0.6 is 11.8 Å². The quantitative estimate of drug-likeness (QED) is 0.446. The van der Waals surface area contributed by atoms with Gasteiger partial charge < -0.3 is 10.2 Å². The summed E-state index contributed by atoms with van der Waals surface area (Å²) in [5.74, 6) is 0.284. The van der Waals surface area contributed by atoms with Crippen molar-refractivity contribution in [2.75, 3.05) is 5.75 Å². The number of hydrogen-bond donors (Lipinski definition) is 2. The van der Waals surface area contributed by atoms with Gasteiger partial charge in [-0.2, -0.15) is 0 Å². The zero-order valence-corrected chi connectivity index (χ0v) is 15.8. The topological polar surface area (TPSA) is 57.5 Å². The van der Waals surface area contributed by atoms with Crippen molar-refractivity contribution in [1.82, 2.24) is 0 Å². The average Bonchev–Trinajstić information content (AvgIpc) is 2.36. The molecule has 0 atom stereocenters. The Bertz CT molecular complexity index is 555. The van der Waals surface area contributed by atoms with Gasteiger partial charge in [0.15, 0.2) is 0 Å². The Balaban J connectivity index is 3.06. The third-order valence-corrected chi connectivity index (χ3v) is 4.52. The van der Waals surface area contributed by atoms with Gasteiger partial charge in [-0.05, 0) is 29.4 Å². The highest BCUT2D eigenvalue weighted by atomic mass is 32.2. The van der Waals surface area contributed by atoms with Crippen LogP contribution in [0.2, 0.25) is 0 Å². The van der Waals surface area contributed by atoms with Crippen LogP contribution in [-0.4, -0.2) is 21.9 Å². The van der Waals surface area contributed by atoms with Gasteiger partial charge in [0.1, 0.15) is 5.75 Å². The van der Waals surface area contributed by atoms with E-state index in [2.05, 4.69) is 53.7 Å². The van der Waals surface area contributed by atoms with Gasteiger partial charge in [0.05, 0.1) is 0 Å². The van der Waals surface area contributed by atoms with Crippen molar-refractivity contribution in [3.63, 3.8) is 0 Å². The number of phenolic OH excluding ortho intramolecular Hbond substituents is 1. The number of rotatable bonds is 5. The van der Waals surface area contributed by atoms with Crippen LogP contribution in [0.4, 0.5) is 0 Å². The van der Waals surface area contributed by atoms with Crippen LogP contribution in [0.5, 0.6) is 5.75 Å². The zero-order chi connectivity index (χ0) is 17.8. The second-order valence-electron chi connectivity index (χ2n) is 7.74. The molecule has 1 rings (SSSR count). The molecule has 0 unspecified atom stereocenters. The van der Waals surface area contributed by atoms with Crippen molar-refractivity contribution in [3.8, 4) is 5.75 Å². The summed E-state index contributed by atoms with van der Waals surface area (Å²) in [6.45, 7) is 12.6. The molecule has 0 aliphatic rings. The molecule has 0 saturated carbocycles. The van der Waals surface area contributed by atoms with Crippen LogP contribution < -0.4 is 0 Å². The summed E-state index contributed by atoms with van der Waals surface area (Å²) >= 11 is 1.69. The Labute approximate surface area is 143 Å². The molecule has 4 heteroatoms. The van der Waals surface area contributed by atoms with Crippen LogP contribution in [-0.2, 0) is 15.6 Å². The molecule has 0 aromatic heterocycles. The Morgan fingerprint density at radius 1 is 1.09 bits per heavy atom. The molecule has 0 aliphatic carbocycles. The number of aliphatic carboxylic acids is 1. The normalized spacial score (nSPS) is 12.8. The van der Waals surface area contributed by atoms with E-state index in [-0.39, 0.29) is 10.8 Å². The molecule has 1 aromatic rings. The highest BCUT2D eigenvalue weighted by Crippen LogP contribution is 2.41. The second kappa shape index (κ2) is 7.43. The first kappa shape index (κ1) is 19.6. The summed E-state index contributed by atoms with van der Waals surface area (Å²) in [6, 6.07) is 4.10. The fourth-order valence-corrected chi connectivity index (χ4v) is 3.16. The predicted octanol–water partition coefficient (Wildman–Crippen LogP) is 5.11. The summed E-state index contributed by atoms with van der Waals surface area (Å²) in [4.78, 5) is 11.6. The monoisotopic (exact) mass is 336 g/mol. The molecule has 2 N–H and O–H groups in total. The van der Waals surface area contributed by atoms with Crippen molar-refractivity contribution in [1.29, 1.82) is 0 Å². The molecular weight excluding hydrogens is 308 g/mol. The van der Waals surface area contributed by atoms with Gasteiger partial charge in [0.25, 0.3) is 0 Å². The summed E-state index contributed by atoms with van der Waals surface area (Å²) < 4.78 is 0. The third-order valence-electron chi connectivity index (χ3n) is 3.51. The Morgan fingerprint density at radius 3 is 1.96 bits per heavy atom. The van der Waals surface area contributed by atoms with E-state index in [0.29, 0.717) is 12.2 Å². The van der Waals surface area contributed by atoms with E-state index in [1.54, 1.807) is 17.8 Å². The van der Waals surface area contributed by atoms with E-state index in [1.807, 2.05) is 0 Å². The van der Waals surface area contributed by atoms with Crippen LogP contribution in [0.25, 0.3) is 0 Å². The van der Waals surface area contributed by atoms with Crippen molar-refractivity contribution in [2.24, 2.45) is 0 Å². The van der Waals surface area contributed by atoms with Gasteiger partial charge in [0, 0.05) is 27.9 Å². The number of carboxylic acid groups (broad SMARTS) is 1. The average molecular weight is 336 g/mol. The van der Waals surface area contributed by atoms with Gasteiger partial charge >= 0.3 is 5.97 Å². The molecule has 0 radical (unpaired) electrons. The van der Waals surface area contributed by atoms with Gasteiger partial charge in [-0.3, -0.25) is 0 Å². The number of benzene rings is 1. The fraction of sp³-hybridized carbons (Fsp3) is 0.526. The van der Waals surface area contributed by atoms with Crippen molar-refractivity contribution < 1.29 is 15.0 Å². The molecule has 128 valence electrons. The van der Waals surface area contributed by atoms with E-state index in [4.69, 9.17) is 5.11 Å². The minimum atomic E-state index is -0.912. The molecule has 1 aromatic carbocycles. The number of hydrogen-bond acceptors (Lipinski definition) is 3. The smallest absolute Gasteiger partial charge is 0.327 e. The third kappa shape index (κ3) is 5.94. The van der Waals surface area contributed by atoms with Crippen LogP contribution in [0, 0.1) is 0 Å². The van der Waals surface area contributed by atoms with E-state index >= 15 is 0 Å². The van der Waals surface area contributed by atoms with Gasteiger partial charge in [0.2, 0.25) is 0 Å². The van der Waals surface area contributed by atoms with Crippen LogP contribution in [0.3, 0.4) is 0 Å². The van der Waals surface area contributed by atoms with E-state index in [1.165, 1.54) is 6.08 Å². The summed E-state index contributed by atoms with van der Waals surface area (Å²) in [7, 11) is 0. The molecule has 0 bridgehead atoms. The van der Waals surface area contributed by atoms with Gasteiger partial charge in [-0.15, -0.1) is 11.8 Å². The molecule has 3 nitrogen and oxygen atoms in total. The van der Waals surface area contributed by atoms with Crippen molar-refractivity contribution in [3.05, 3.63) is 35.4 Å². The maximum Gasteiger partial charge on any atom is 0.327 e. The van der Waals surface area contributed by atoms with Crippen molar-refractivity contribution >= 4 is 17.7 Å². The number of thioether (sulfide) groups is 1. The summed E-state index contributed by atoms with van der Waals surface area (Å²) in [5, 5.41) is 19.3. The Kier molecular flexibility index (Phi) is 6.34. The Hall–Kier alpha value is -1.42. The SMILES string of the molecule is CC(C)(C)c1cc(SCCC=CC(=O)O)cc(C(C)(C)C)c1O. The van der Waals surface area contributed by atoms with Crippen LogP contribution in [0.1, 0.15) is 59.1 Å². The van der Waals surface area contributed by atoms with E-state index in [0.717, 1.165) is 21.8 Å². The molecule has 0 saturated heterocycles. The minimum Gasteiger partial charge on any atom is -0.507 e. The molecule has 0 aliphatic heterocycles. The number of carboxylic acids is 1. The summed E-state index contributed by atoms with van der Waals surface area (Å²) in [6.07, 6.45) is 3.55. The number of aromatic hydroxyl groups is 1. The van der Waals surface area contributed by atoms with E-state index < -0.39 is 5.97 Å². The first-order valence-electron chi connectivity index (χ1n) is 7.83. The lowest BCUT2D eigenvalue weighted by molar-refractivity contribution is -0.131. The van der Waals surface area contributed by atoms with Crippen molar-refractivity contribution in [2.45, 2.75) is 63.7 Å². The predicted molar refractivity (Wildman–Crippen MR) is 97.6 cm³/mol. The van der Waals surface area contributed by atoms with Gasteiger partial charge in [-0.1, -0.05) is 47.6 Å². The Morgan fingerprint density at radius 2 is 1.57 bits per heavy atom. The zero-order valence-electron chi connectivity index (χ0n) is 14.9.